The van der Waals surface area contributed by atoms with Crippen molar-refractivity contribution < 1.29 is 0 Å². The molecule has 3 heteroatoms. The van der Waals surface area contributed by atoms with Crippen LogP contribution in [0.5, 0.6) is 0 Å². The minimum Gasteiger partial charge on any atom is -0.319 e. The van der Waals surface area contributed by atoms with Crippen LogP contribution in [0.3, 0.4) is 0 Å². The summed E-state index contributed by atoms with van der Waals surface area (Å²) in [6.07, 6.45) is 6.45. The Morgan fingerprint density at radius 3 is 2.67 bits per heavy atom. The van der Waals surface area contributed by atoms with Crippen molar-refractivity contribution in [3.05, 3.63) is 18.0 Å². The molecule has 0 amide bonds. The van der Waals surface area contributed by atoms with Gasteiger partial charge in [0.15, 0.2) is 0 Å². The van der Waals surface area contributed by atoms with Crippen LogP contribution in [0.2, 0.25) is 0 Å². The summed E-state index contributed by atoms with van der Waals surface area (Å²) in [6, 6.07) is 0. The molecule has 1 heterocycles. The van der Waals surface area contributed by atoms with Gasteiger partial charge in [0.05, 0.1) is 6.20 Å². The van der Waals surface area contributed by atoms with E-state index in [1.165, 1.54) is 12.0 Å². The summed E-state index contributed by atoms with van der Waals surface area (Å²) in [5.74, 6) is 1.50. The molecule has 3 nitrogen and oxygen atoms in total. The number of nitrogens with zero attached hydrogens (tertiary/aromatic N) is 2. The Kier molecular flexibility index (Phi) is 4.82. The molecule has 1 unspecified atom stereocenters. The molecule has 0 saturated carbocycles. The maximum absolute atomic E-state index is 4.19. The Morgan fingerprint density at radius 1 is 1.47 bits per heavy atom. The quantitative estimate of drug-likeness (QED) is 0.775. The van der Waals surface area contributed by atoms with Gasteiger partial charge in [0.25, 0.3) is 0 Å². The molecule has 1 aromatic heterocycles. The summed E-state index contributed by atoms with van der Waals surface area (Å²) in [6.45, 7) is 5.70. The molecule has 0 bridgehead atoms. The third kappa shape index (κ3) is 4.04. The van der Waals surface area contributed by atoms with E-state index >= 15 is 0 Å². The predicted octanol–water partition coefficient (Wildman–Crippen LogP) is 1.84. The first-order valence-corrected chi connectivity index (χ1v) is 5.75. The average molecular weight is 209 g/mol. The van der Waals surface area contributed by atoms with E-state index in [0.29, 0.717) is 0 Å². The fourth-order valence-corrected chi connectivity index (χ4v) is 1.89. The van der Waals surface area contributed by atoms with Crippen LogP contribution in [0, 0.1) is 11.8 Å². The van der Waals surface area contributed by atoms with Gasteiger partial charge < -0.3 is 5.32 Å². The molecule has 1 N–H and O–H groups in total. The Bertz CT molecular complexity index is 278. The van der Waals surface area contributed by atoms with Gasteiger partial charge in [0.2, 0.25) is 0 Å². The molecule has 0 fully saturated rings. The summed E-state index contributed by atoms with van der Waals surface area (Å²) in [7, 11) is 4.00. The van der Waals surface area contributed by atoms with Crippen LogP contribution in [-0.2, 0) is 13.5 Å². The van der Waals surface area contributed by atoms with Crippen LogP contribution in [0.15, 0.2) is 12.4 Å². The van der Waals surface area contributed by atoms with Gasteiger partial charge in [-0.3, -0.25) is 4.68 Å². The molecule has 0 aliphatic heterocycles. The van der Waals surface area contributed by atoms with Crippen molar-refractivity contribution in [2.24, 2.45) is 18.9 Å². The van der Waals surface area contributed by atoms with Crippen molar-refractivity contribution in [2.75, 3.05) is 13.6 Å². The van der Waals surface area contributed by atoms with Gasteiger partial charge in [0, 0.05) is 13.2 Å². The summed E-state index contributed by atoms with van der Waals surface area (Å²) < 4.78 is 1.87. The lowest BCUT2D eigenvalue weighted by Crippen LogP contribution is -2.23. The van der Waals surface area contributed by atoms with Crippen LogP contribution in [0.25, 0.3) is 0 Å². The number of nitrogens with one attached hydrogen (secondary N) is 1. The monoisotopic (exact) mass is 209 g/mol. The van der Waals surface area contributed by atoms with Gasteiger partial charge in [-0.25, -0.2) is 0 Å². The zero-order valence-electron chi connectivity index (χ0n) is 10.3. The second-order valence-electron chi connectivity index (χ2n) is 4.62. The van der Waals surface area contributed by atoms with Gasteiger partial charge in [0.1, 0.15) is 0 Å². The lowest BCUT2D eigenvalue weighted by Gasteiger charge is -2.19. The number of aryl methyl sites for hydroxylation is 2. The Hall–Kier alpha value is -0.830. The van der Waals surface area contributed by atoms with Crippen molar-refractivity contribution in [2.45, 2.75) is 26.7 Å². The maximum atomic E-state index is 4.19. The maximum Gasteiger partial charge on any atom is 0.0521 e. The molecule has 15 heavy (non-hydrogen) atoms. The minimum absolute atomic E-state index is 0.745. The van der Waals surface area contributed by atoms with Gasteiger partial charge in [-0.05, 0) is 43.8 Å². The topological polar surface area (TPSA) is 29.9 Å². The largest absolute Gasteiger partial charge is 0.319 e. The van der Waals surface area contributed by atoms with E-state index in [4.69, 9.17) is 0 Å². The fourth-order valence-electron chi connectivity index (χ4n) is 1.89. The first-order chi connectivity index (χ1) is 7.13. The van der Waals surface area contributed by atoms with Crippen LogP contribution in [0.4, 0.5) is 0 Å². The summed E-state index contributed by atoms with van der Waals surface area (Å²) in [5.41, 5.74) is 1.35. The molecule has 0 aliphatic rings. The highest BCUT2D eigenvalue weighted by Gasteiger charge is 2.12. The number of aromatic nitrogens is 2. The summed E-state index contributed by atoms with van der Waals surface area (Å²) in [5, 5.41) is 7.46. The number of hydrogen-bond donors (Lipinski definition) is 1. The Labute approximate surface area is 92.9 Å². The van der Waals surface area contributed by atoms with Crippen molar-refractivity contribution in [1.82, 2.24) is 15.1 Å². The van der Waals surface area contributed by atoms with Crippen molar-refractivity contribution >= 4 is 0 Å². The first kappa shape index (κ1) is 12.2. The van der Waals surface area contributed by atoms with E-state index in [2.05, 4.69) is 30.5 Å². The van der Waals surface area contributed by atoms with Crippen molar-refractivity contribution in [3.63, 3.8) is 0 Å². The molecule has 0 radical (unpaired) electrons. The van der Waals surface area contributed by atoms with Gasteiger partial charge in [-0.1, -0.05) is 13.8 Å². The van der Waals surface area contributed by atoms with E-state index in [1.54, 1.807) is 0 Å². The SMILES string of the molecule is CNCC(CCc1cnn(C)c1)C(C)C. The second-order valence-corrected chi connectivity index (χ2v) is 4.62. The Balaban J connectivity index is 2.39. The minimum atomic E-state index is 0.745. The third-order valence-electron chi connectivity index (χ3n) is 2.97. The number of hydrogen-bond acceptors (Lipinski definition) is 2. The van der Waals surface area contributed by atoms with Gasteiger partial charge >= 0.3 is 0 Å². The zero-order chi connectivity index (χ0) is 11.3. The smallest absolute Gasteiger partial charge is 0.0521 e. The third-order valence-corrected chi connectivity index (χ3v) is 2.97. The molecule has 86 valence electrons. The number of rotatable bonds is 6. The first-order valence-electron chi connectivity index (χ1n) is 5.75. The van der Waals surface area contributed by atoms with E-state index < -0.39 is 0 Å². The second kappa shape index (κ2) is 5.91. The lowest BCUT2D eigenvalue weighted by atomic mass is 9.90. The standard InChI is InChI=1S/C12H23N3/c1-10(2)12(8-13-3)6-5-11-7-14-15(4)9-11/h7,9-10,12-13H,5-6,8H2,1-4H3. The van der Waals surface area contributed by atoms with Gasteiger partial charge in [-0.15, -0.1) is 0 Å². The van der Waals surface area contributed by atoms with Gasteiger partial charge in [-0.2, -0.15) is 5.10 Å². The van der Waals surface area contributed by atoms with Crippen LogP contribution < -0.4 is 5.32 Å². The molecular formula is C12H23N3. The molecule has 1 rings (SSSR count). The van der Waals surface area contributed by atoms with E-state index in [0.717, 1.165) is 24.8 Å². The van der Waals surface area contributed by atoms with E-state index in [1.807, 2.05) is 25.0 Å². The molecule has 0 aromatic carbocycles. The molecule has 1 aromatic rings. The molecule has 0 aliphatic carbocycles. The molecule has 1 atom stereocenters. The summed E-state index contributed by atoms with van der Waals surface area (Å²) >= 11 is 0. The lowest BCUT2D eigenvalue weighted by molar-refractivity contribution is 0.350. The van der Waals surface area contributed by atoms with Crippen molar-refractivity contribution in [1.29, 1.82) is 0 Å². The van der Waals surface area contributed by atoms with E-state index in [9.17, 15) is 0 Å². The molecule has 0 spiro atoms. The highest BCUT2D eigenvalue weighted by atomic mass is 15.2. The molecule has 0 saturated heterocycles. The highest BCUT2D eigenvalue weighted by molar-refractivity contribution is 5.03. The van der Waals surface area contributed by atoms with E-state index in [-0.39, 0.29) is 0 Å². The highest BCUT2D eigenvalue weighted by Crippen LogP contribution is 2.17. The van der Waals surface area contributed by atoms with Crippen LogP contribution >= 0.6 is 0 Å². The normalized spacial score (nSPS) is 13.4. The predicted molar refractivity (Wildman–Crippen MR) is 63.8 cm³/mol. The average Bonchev–Trinajstić information content (AvgIpc) is 2.58. The van der Waals surface area contributed by atoms with Crippen LogP contribution in [-0.4, -0.2) is 23.4 Å². The zero-order valence-corrected chi connectivity index (χ0v) is 10.3. The van der Waals surface area contributed by atoms with Crippen molar-refractivity contribution in [3.8, 4) is 0 Å². The summed E-state index contributed by atoms with van der Waals surface area (Å²) in [4.78, 5) is 0. The molecular weight excluding hydrogens is 186 g/mol. The fraction of sp³-hybridized carbons (Fsp3) is 0.750. The van der Waals surface area contributed by atoms with Crippen LogP contribution in [0.1, 0.15) is 25.8 Å². The Morgan fingerprint density at radius 2 is 2.20 bits per heavy atom.